The molecule has 1 heterocycles. The second kappa shape index (κ2) is 6.86. The van der Waals surface area contributed by atoms with Crippen molar-refractivity contribution < 1.29 is 4.79 Å². The van der Waals surface area contributed by atoms with E-state index in [1.165, 1.54) is 11.8 Å². The summed E-state index contributed by atoms with van der Waals surface area (Å²) in [6.07, 6.45) is 4.64. The molecule has 0 saturated heterocycles. The number of para-hydroxylation sites is 2. The quantitative estimate of drug-likeness (QED) is 0.865. The van der Waals surface area contributed by atoms with Crippen molar-refractivity contribution in [2.45, 2.75) is 55.0 Å². The fourth-order valence-electron chi connectivity index (χ4n) is 3.20. The van der Waals surface area contributed by atoms with E-state index in [0.29, 0.717) is 0 Å². The number of thioether (sulfide) groups is 1. The molecule has 0 bridgehead atoms. The minimum atomic E-state index is -0.684. The van der Waals surface area contributed by atoms with Crippen molar-refractivity contribution in [3.63, 3.8) is 0 Å². The van der Waals surface area contributed by atoms with Crippen LogP contribution in [0.1, 0.15) is 39.0 Å². The Morgan fingerprint density at radius 1 is 1.38 bits per heavy atom. The molecule has 0 unspecified atom stereocenters. The SMILES string of the molecule is C[C@H](Sc1nc2ccccc2n1C)C(=O)NC1(C#N)CCCCC1. The summed E-state index contributed by atoms with van der Waals surface area (Å²) >= 11 is 1.43. The average molecular weight is 342 g/mol. The van der Waals surface area contributed by atoms with Crippen molar-refractivity contribution in [1.29, 1.82) is 5.26 Å². The van der Waals surface area contributed by atoms with Crippen molar-refractivity contribution in [2.24, 2.45) is 7.05 Å². The molecule has 2 aromatic rings. The average Bonchev–Trinajstić information content (AvgIpc) is 2.92. The van der Waals surface area contributed by atoms with E-state index in [-0.39, 0.29) is 11.2 Å². The highest BCUT2D eigenvalue weighted by Gasteiger charge is 2.35. The summed E-state index contributed by atoms with van der Waals surface area (Å²) in [7, 11) is 1.96. The van der Waals surface area contributed by atoms with Gasteiger partial charge in [-0.2, -0.15) is 5.26 Å². The van der Waals surface area contributed by atoms with Crippen molar-refractivity contribution in [2.75, 3.05) is 0 Å². The second-order valence-corrected chi connectivity index (χ2v) is 7.75. The summed E-state index contributed by atoms with van der Waals surface area (Å²) in [5.74, 6) is -0.0875. The van der Waals surface area contributed by atoms with E-state index in [1.54, 1.807) is 0 Å². The molecule has 1 aromatic heterocycles. The number of carbonyl (C=O) groups excluding carboxylic acids is 1. The Balaban J connectivity index is 1.71. The number of fused-ring (bicyclic) bond motifs is 1. The minimum Gasteiger partial charge on any atom is -0.337 e. The molecule has 0 spiro atoms. The summed E-state index contributed by atoms with van der Waals surface area (Å²) in [4.78, 5) is 17.2. The standard InChI is InChI=1S/C18H22N4OS/c1-13(16(23)21-18(12-19)10-6-3-7-11-18)24-17-20-14-8-4-5-9-15(14)22(17)2/h4-5,8-9,13H,3,6-7,10-11H2,1-2H3,(H,21,23)/t13-/m0/s1. The monoisotopic (exact) mass is 342 g/mol. The van der Waals surface area contributed by atoms with E-state index in [1.807, 2.05) is 42.8 Å². The lowest BCUT2D eigenvalue weighted by atomic mass is 9.83. The summed E-state index contributed by atoms with van der Waals surface area (Å²) in [5, 5.41) is 13.0. The molecule has 1 N–H and O–H groups in total. The normalized spacial score (nSPS) is 18.0. The van der Waals surface area contributed by atoms with Gasteiger partial charge in [0, 0.05) is 7.05 Å². The first-order chi connectivity index (χ1) is 11.5. The Morgan fingerprint density at radius 2 is 2.08 bits per heavy atom. The number of aromatic nitrogens is 2. The maximum atomic E-state index is 12.6. The number of hydrogen-bond donors (Lipinski definition) is 1. The van der Waals surface area contributed by atoms with E-state index in [0.717, 1.165) is 48.3 Å². The Morgan fingerprint density at radius 3 is 2.75 bits per heavy atom. The minimum absolute atomic E-state index is 0.0875. The Bertz CT molecular complexity index is 786. The fraction of sp³-hybridized carbons (Fsp3) is 0.500. The van der Waals surface area contributed by atoms with Gasteiger partial charge in [-0.25, -0.2) is 4.98 Å². The van der Waals surface area contributed by atoms with E-state index >= 15 is 0 Å². The molecular formula is C18H22N4OS. The molecule has 1 atom stereocenters. The van der Waals surface area contributed by atoms with Crippen molar-refractivity contribution in [1.82, 2.24) is 14.9 Å². The molecule has 24 heavy (non-hydrogen) atoms. The molecule has 1 aliphatic rings. The molecule has 6 heteroatoms. The van der Waals surface area contributed by atoms with Crippen LogP contribution >= 0.6 is 11.8 Å². The first-order valence-electron chi connectivity index (χ1n) is 8.36. The van der Waals surface area contributed by atoms with Crippen LogP contribution in [0.5, 0.6) is 0 Å². The third-order valence-electron chi connectivity index (χ3n) is 4.68. The van der Waals surface area contributed by atoms with Gasteiger partial charge in [0.15, 0.2) is 5.16 Å². The molecule has 1 aliphatic carbocycles. The van der Waals surface area contributed by atoms with Crippen LogP contribution in [0.15, 0.2) is 29.4 Å². The lowest BCUT2D eigenvalue weighted by molar-refractivity contribution is -0.121. The number of nitriles is 1. The Labute approximate surface area is 146 Å². The molecule has 5 nitrogen and oxygen atoms in total. The van der Waals surface area contributed by atoms with Crippen LogP contribution < -0.4 is 5.32 Å². The van der Waals surface area contributed by atoms with Crippen molar-refractivity contribution in [3.05, 3.63) is 24.3 Å². The summed E-state index contributed by atoms with van der Waals surface area (Å²) in [5.41, 5.74) is 1.29. The molecule has 1 amide bonds. The zero-order valence-corrected chi connectivity index (χ0v) is 14.9. The molecule has 0 radical (unpaired) electrons. The van der Waals surface area contributed by atoms with E-state index in [4.69, 9.17) is 0 Å². The van der Waals surface area contributed by atoms with Gasteiger partial charge in [0.25, 0.3) is 0 Å². The van der Waals surface area contributed by atoms with Crippen molar-refractivity contribution in [3.8, 4) is 6.07 Å². The number of imidazole rings is 1. The predicted octanol–water partition coefficient (Wildman–Crippen LogP) is 3.40. The van der Waals surface area contributed by atoms with E-state index in [9.17, 15) is 10.1 Å². The van der Waals surface area contributed by atoms with Crippen LogP contribution in [0.4, 0.5) is 0 Å². The van der Waals surface area contributed by atoms with Crippen LogP contribution in [0.2, 0.25) is 0 Å². The zero-order valence-electron chi connectivity index (χ0n) is 14.1. The highest BCUT2D eigenvalue weighted by atomic mass is 32.2. The maximum absolute atomic E-state index is 12.6. The third-order valence-corrected chi connectivity index (χ3v) is 5.82. The van der Waals surface area contributed by atoms with Gasteiger partial charge in [0.2, 0.25) is 5.91 Å². The van der Waals surface area contributed by atoms with E-state index in [2.05, 4.69) is 16.4 Å². The smallest absolute Gasteiger partial charge is 0.234 e. The fourth-order valence-corrected chi connectivity index (χ4v) is 4.09. The maximum Gasteiger partial charge on any atom is 0.234 e. The number of benzene rings is 1. The predicted molar refractivity (Wildman–Crippen MR) is 95.6 cm³/mol. The number of carbonyl (C=O) groups is 1. The van der Waals surface area contributed by atoms with Gasteiger partial charge in [-0.05, 0) is 31.9 Å². The third kappa shape index (κ3) is 3.27. The second-order valence-electron chi connectivity index (χ2n) is 6.45. The van der Waals surface area contributed by atoms with Gasteiger partial charge < -0.3 is 9.88 Å². The topological polar surface area (TPSA) is 70.7 Å². The lowest BCUT2D eigenvalue weighted by Crippen LogP contribution is -2.50. The molecular weight excluding hydrogens is 320 g/mol. The Kier molecular flexibility index (Phi) is 4.81. The molecule has 1 saturated carbocycles. The number of hydrogen-bond acceptors (Lipinski definition) is 4. The molecule has 126 valence electrons. The van der Waals surface area contributed by atoms with Gasteiger partial charge in [-0.15, -0.1) is 0 Å². The van der Waals surface area contributed by atoms with Crippen LogP contribution in [0.25, 0.3) is 11.0 Å². The van der Waals surface area contributed by atoms with Crippen LogP contribution in [-0.2, 0) is 11.8 Å². The number of nitrogens with zero attached hydrogens (tertiary/aromatic N) is 3. The van der Waals surface area contributed by atoms with Crippen molar-refractivity contribution >= 4 is 28.7 Å². The first-order valence-corrected chi connectivity index (χ1v) is 9.24. The number of aryl methyl sites for hydroxylation is 1. The summed E-state index contributed by atoms with van der Waals surface area (Å²) in [6, 6.07) is 10.3. The van der Waals surface area contributed by atoms with Gasteiger partial charge >= 0.3 is 0 Å². The van der Waals surface area contributed by atoms with Gasteiger partial charge in [0.05, 0.1) is 22.4 Å². The lowest BCUT2D eigenvalue weighted by Gasteiger charge is -2.32. The number of rotatable bonds is 4. The molecule has 3 rings (SSSR count). The van der Waals surface area contributed by atoms with Crippen LogP contribution in [-0.4, -0.2) is 26.2 Å². The van der Waals surface area contributed by atoms with Crippen LogP contribution in [0, 0.1) is 11.3 Å². The molecule has 0 aliphatic heterocycles. The highest BCUT2D eigenvalue weighted by molar-refractivity contribution is 8.00. The van der Waals surface area contributed by atoms with Crippen LogP contribution in [0.3, 0.4) is 0 Å². The zero-order chi connectivity index (χ0) is 17.2. The van der Waals surface area contributed by atoms with Gasteiger partial charge in [0.1, 0.15) is 5.54 Å². The van der Waals surface area contributed by atoms with Gasteiger partial charge in [-0.1, -0.05) is 43.2 Å². The number of nitrogens with one attached hydrogen (secondary N) is 1. The highest BCUT2D eigenvalue weighted by Crippen LogP contribution is 2.30. The van der Waals surface area contributed by atoms with Gasteiger partial charge in [-0.3, -0.25) is 4.79 Å². The summed E-state index contributed by atoms with van der Waals surface area (Å²) < 4.78 is 2.00. The number of amides is 1. The Hall–Kier alpha value is -2.00. The summed E-state index contributed by atoms with van der Waals surface area (Å²) in [6.45, 7) is 1.87. The largest absolute Gasteiger partial charge is 0.337 e. The van der Waals surface area contributed by atoms with E-state index < -0.39 is 5.54 Å². The first kappa shape index (κ1) is 16.8. The molecule has 1 aromatic carbocycles. The molecule has 1 fully saturated rings.